The molecule has 0 bridgehead atoms. The number of allylic oxidation sites excluding steroid dienone is 1. The fourth-order valence-corrected chi connectivity index (χ4v) is 4.31. The van der Waals surface area contributed by atoms with Crippen molar-refractivity contribution < 1.29 is 22.4 Å². The molecule has 5 nitrogen and oxygen atoms in total. The van der Waals surface area contributed by atoms with E-state index in [1.807, 2.05) is 0 Å². The van der Waals surface area contributed by atoms with Crippen LogP contribution in [0.2, 0.25) is 0 Å². The lowest BCUT2D eigenvalue weighted by molar-refractivity contribution is -0.133. The highest BCUT2D eigenvalue weighted by Gasteiger charge is 2.32. The predicted octanol–water partition coefficient (Wildman–Crippen LogP) is 1.83. The van der Waals surface area contributed by atoms with Crippen LogP contribution in [-0.2, 0) is 19.4 Å². The van der Waals surface area contributed by atoms with Gasteiger partial charge in [0.25, 0.3) is 0 Å². The molecule has 24 heavy (non-hydrogen) atoms. The first kappa shape index (κ1) is 18.3. The number of nitrogens with zero attached hydrogens (tertiary/aromatic N) is 1. The first-order valence-corrected chi connectivity index (χ1v) is 9.51. The second kappa shape index (κ2) is 7.70. The van der Waals surface area contributed by atoms with Gasteiger partial charge < -0.3 is 4.90 Å². The number of rotatable bonds is 6. The van der Waals surface area contributed by atoms with Crippen molar-refractivity contribution in [3.63, 3.8) is 0 Å². The van der Waals surface area contributed by atoms with Crippen molar-refractivity contribution in [2.24, 2.45) is 0 Å². The molecule has 7 heteroatoms. The van der Waals surface area contributed by atoms with Crippen LogP contribution < -0.4 is 0 Å². The van der Waals surface area contributed by atoms with E-state index >= 15 is 0 Å². The Labute approximate surface area is 141 Å². The summed E-state index contributed by atoms with van der Waals surface area (Å²) >= 11 is 0. The van der Waals surface area contributed by atoms with Gasteiger partial charge in [0, 0.05) is 25.9 Å². The van der Waals surface area contributed by atoms with E-state index in [2.05, 4.69) is 0 Å². The zero-order valence-corrected chi connectivity index (χ0v) is 14.3. The van der Waals surface area contributed by atoms with Crippen LogP contribution in [0.5, 0.6) is 0 Å². The topological polar surface area (TPSA) is 71.5 Å². The molecule has 0 saturated carbocycles. The number of halogens is 1. The summed E-state index contributed by atoms with van der Waals surface area (Å²) in [5.41, 5.74) is 0.698. The molecule has 0 spiro atoms. The van der Waals surface area contributed by atoms with Crippen molar-refractivity contribution >= 4 is 27.6 Å². The molecule has 1 amide bonds. The number of sulfone groups is 1. The van der Waals surface area contributed by atoms with Crippen LogP contribution in [-0.4, -0.2) is 49.6 Å². The Balaban J connectivity index is 1.80. The van der Waals surface area contributed by atoms with Gasteiger partial charge in [-0.05, 0) is 30.2 Å². The van der Waals surface area contributed by atoms with Crippen LogP contribution >= 0.6 is 0 Å². The van der Waals surface area contributed by atoms with Gasteiger partial charge >= 0.3 is 0 Å². The number of ketones is 1. The van der Waals surface area contributed by atoms with Gasteiger partial charge in [-0.3, -0.25) is 9.59 Å². The van der Waals surface area contributed by atoms with Crippen LogP contribution in [0.3, 0.4) is 0 Å². The van der Waals surface area contributed by atoms with Gasteiger partial charge in [0.1, 0.15) is 5.82 Å². The summed E-state index contributed by atoms with van der Waals surface area (Å²) in [5.74, 6) is -0.691. The molecular formula is C17H20FNO4S. The highest BCUT2D eigenvalue weighted by atomic mass is 32.2. The van der Waals surface area contributed by atoms with Gasteiger partial charge in [0.2, 0.25) is 5.91 Å². The van der Waals surface area contributed by atoms with Gasteiger partial charge in [-0.25, -0.2) is 12.8 Å². The molecule has 0 aliphatic carbocycles. The van der Waals surface area contributed by atoms with Gasteiger partial charge in [0.05, 0.1) is 11.5 Å². The normalized spacial score (nSPS) is 19.5. The van der Waals surface area contributed by atoms with Crippen LogP contribution in [0.1, 0.15) is 24.8 Å². The molecular weight excluding hydrogens is 333 g/mol. The molecule has 1 unspecified atom stereocenters. The van der Waals surface area contributed by atoms with Crippen LogP contribution in [0.15, 0.2) is 30.3 Å². The van der Waals surface area contributed by atoms with Crippen molar-refractivity contribution in [3.8, 4) is 0 Å². The molecule has 1 aromatic carbocycles. The first-order chi connectivity index (χ1) is 11.3. The lowest BCUT2D eigenvalue weighted by atomic mass is 10.1. The third-order valence-electron chi connectivity index (χ3n) is 4.07. The van der Waals surface area contributed by atoms with Crippen molar-refractivity contribution in [2.75, 3.05) is 18.6 Å². The smallest absolute Gasteiger partial charge is 0.223 e. The highest BCUT2D eigenvalue weighted by Crippen LogP contribution is 2.17. The van der Waals surface area contributed by atoms with E-state index in [1.54, 1.807) is 25.3 Å². The zero-order chi connectivity index (χ0) is 17.7. The van der Waals surface area contributed by atoms with Crippen molar-refractivity contribution in [2.45, 2.75) is 25.3 Å². The summed E-state index contributed by atoms with van der Waals surface area (Å²) in [7, 11) is -1.47. The molecule has 130 valence electrons. The van der Waals surface area contributed by atoms with Crippen molar-refractivity contribution in [1.29, 1.82) is 0 Å². The molecule has 1 aliphatic heterocycles. The third-order valence-corrected chi connectivity index (χ3v) is 5.82. The van der Waals surface area contributed by atoms with E-state index in [-0.39, 0.29) is 47.9 Å². The molecule has 0 aromatic heterocycles. The van der Waals surface area contributed by atoms with E-state index in [9.17, 15) is 22.4 Å². The maximum Gasteiger partial charge on any atom is 0.223 e. The van der Waals surface area contributed by atoms with Crippen LogP contribution in [0.25, 0.3) is 6.08 Å². The van der Waals surface area contributed by atoms with Gasteiger partial charge in [-0.15, -0.1) is 0 Å². The Morgan fingerprint density at radius 1 is 1.25 bits per heavy atom. The quantitative estimate of drug-likeness (QED) is 0.732. The standard InChI is InChI=1S/C17H20FNO4S/c1-19(15-10-11-24(22,23)12-15)17(21)9-8-16(20)7-4-13-2-5-14(18)6-3-13/h2-7,15H,8-12H2,1H3/b7-4+. The summed E-state index contributed by atoms with van der Waals surface area (Å²) < 4.78 is 35.7. The molecule has 1 heterocycles. The summed E-state index contributed by atoms with van der Waals surface area (Å²) in [6, 6.07) is 5.42. The van der Waals surface area contributed by atoms with Gasteiger partial charge in [0.15, 0.2) is 15.6 Å². The summed E-state index contributed by atoms with van der Waals surface area (Å²) in [4.78, 5) is 25.3. The second-order valence-electron chi connectivity index (χ2n) is 5.91. The minimum atomic E-state index is -3.05. The van der Waals surface area contributed by atoms with E-state index in [0.29, 0.717) is 12.0 Å². The number of carbonyl (C=O) groups is 2. The lowest BCUT2D eigenvalue weighted by Crippen LogP contribution is -2.37. The molecule has 0 N–H and O–H groups in total. The fourth-order valence-electron chi connectivity index (χ4n) is 2.54. The highest BCUT2D eigenvalue weighted by molar-refractivity contribution is 7.91. The third kappa shape index (κ3) is 5.26. The zero-order valence-electron chi connectivity index (χ0n) is 13.4. The Kier molecular flexibility index (Phi) is 5.88. The summed E-state index contributed by atoms with van der Waals surface area (Å²) in [6.07, 6.45) is 3.48. The minimum Gasteiger partial charge on any atom is -0.342 e. The monoisotopic (exact) mass is 353 g/mol. The molecule has 1 atom stereocenters. The maximum atomic E-state index is 12.8. The van der Waals surface area contributed by atoms with Crippen LogP contribution in [0.4, 0.5) is 4.39 Å². The number of hydrogen-bond acceptors (Lipinski definition) is 4. The molecule has 1 saturated heterocycles. The molecule has 1 aliphatic rings. The summed E-state index contributed by atoms with van der Waals surface area (Å²) in [5, 5.41) is 0. The maximum absolute atomic E-state index is 12.8. The molecule has 1 aromatic rings. The average molecular weight is 353 g/mol. The number of benzene rings is 1. The minimum absolute atomic E-state index is 0.00629. The molecule has 0 radical (unpaired) electrons. The fraction of sp³-hybridized carbons (Fsp3) is 0.412. The number of amides is 1. The SMILES string of the molecule is CN(C(=O)CCC(=O)/C=C/c1ccc(F)cc1)C1CCS(=O)(=O)C1. The predicted molar refractivity (Wildman–Crippen MR) is 89.5 cm³/mol. The van der Waals surface area contributed by atoms with E-state index in [1.165, 1.54) is 23.1 Å². The second-order valence-corrected chi connectivity index (χ2v) is 8.14. The van der Waals surface area contributed by atoms with Crippen molar-refractivity contribution in [1.82, 2.24) is 4.90 Å². The Morgan fingerprint density at radius 2 is 1.92 bits per heavy atom. The lowest BCUT2D eigenvalue weighted by Gasteiger charge is -2.23. The molecule has 1 fully saturated rings. The number of carbonyl (C=O) groups excluding carboxylic acids is 2. The van der Waals surface area contributed by atoms with Crippen molar-refractivity contribution in [3.05, 3.63) is 41.7 Å². The first-order valence-electron chi connectivity index (χ1n) is 7.69. The molecule has 2 rings (SSSR count). The Hall–Kier alpha value is -2.02. The number of hydrogen-bond donors (Lipinski definition) is 0. The Morgan fingerprint density at radius 3 is 2.50 bits per heavy atom. The average Bonchev–Trinajstić information content (AvgIpc) is 2.91. The van der Waals surface area contributed by atoms with E-state index < -0.39 is 9.84 Å². The van der Waals surface area contributed by atoms with Gasteiger partial charge in [-0.2, -0.15) is 0 Å². The van der Waals surface area contributed by atoms with Crippen LogP contribution in [0, 0.1) is 5.82 Å². The largest absolute Gasteiger partial charge is 0.342 e. The Bertz CT molecular complexity index is 740. The van der Waals surface area contributed by atoms with E-state index in [0.717, 1.165) is 0 Å². The summed E-state index contributed by atoms with van der Waals surface area (Å²) in [6.45, 7) is 0. The van der Waals surface area contributed by atoms with E-state index in [4.69, 9.17) is 0 Å². The van der Waals surface area contributed by atoms with Gasteiger partial charge in [-0.1, -0.05) is 18.2 Å².